The molecule has 6 nitrogen and oxygen atoms in total. The molecule has 0 aliphatic rings. The molecule has 6 heteroatoms. The van der Waals surface area contributed by atoms with Crippen LogP contribution in [0, 0.1) is 0 Å². The van der Waals surface area contributed by atoms with Gasteiger partial charge in [-0.15, -0.1) is 0 Å². The monoisotopic (exact) mass is 453 g/mol. The second kappa shape index (κ2) is 9.62. The Labute approximate surface area is 197 Å². The second-order valence-electron chi connectivity index (χ2n) is 9.97. The molecule has 0 amide bonds. The van der Waals surface area contributed by atoms with Gasteiger partial charge in [0.25, 0.3) is 5.56 Å². The van der Waals surface area contributed by atoms with Gasteiger partial charge in [-0.2, -0.15) is 4.98 Å². The minimum atomic E-state index is -0.238. The molecular weight excluding hydrogens is 414 g/mol. The fourth-order valence-corrected chi connectivity index (χ4v) is 3.87. The van der Waals surface area contributed by atoms with Gasteiger partial charge in [0, 0.05) is 11.6 Å². The molecule has 1 unspecified atom stereocenters. The van der Waals surface area contributed by atoms with Gasteiger partial charge >= 0.3 is 0 Å². The first kappa shape index (κ1) is 24.9. The molecule has 0 saturated heterocycles. The number of fused-ring (bicyclic) bond motifs is 1. The third kappa shape index (κ3) is 5.10. The van der Waals surface area contributed by atoms with E-state index in [0.29, 0.717) is 18.1 Å². The number of nitrogens with zero attached hydrogens (tertiary/aromatic N) is 2. The van der Waals surface area contributed by atoms with Crippen LogP contribution in [0.15, 0.2) is 35.1 Å². The molecule has 1 atom stereocenters. The predicted molar refractivity (Wildman–Crippen MR) is 134 cm³/mol. The topological polar surface area (TPSA) is 68.6 Å². The van der Waals surface area contributed by atoms with E-state index >= 15 is 0 Å². The van der Waals surface area contributed by atoms with Gasteiger partial charge in [0.05, 0.1) is 18.4 Å². The zero-order valence-corrected chi connectivity index (χ0v) is 21.4. The van der Waals surface area contributed by atoms with Crippen LogP contribution in [0.5, 0.6) is 11.6 Å². The fourth-order valence-electron chi connectivity index (χ4n) is 3.87. The van der Waals surface area contributed by atoms with Gasteiger partial charge in [-0.05, 0) is 48.6 Å². The molecule has 0 aliphatic heterocycles. The van der Waals surface area contributed by atoms with E-state index in [1.54, 1.807) is 0 Å². The Morgan fingerprint density at radius 3 is 2.30 bits per heavy atom. The van der Waals surface area contributed by atoms with Gasteiger partial charge in [-0.1, -0.05) is 60.6 Å². The van der Waals surface area contributed by atoms with Crippen LogP contribution in [0.3, 0.4) is 0 Å². The van der Waals surface area contributed by atoms with E-state index in [1.807, 2.05) is 13.0 Å². The molecule has 0 aliphatic carbocycles. The molecule has 0 radical (unpaired) electrons. The highest BCUT2D eigenvalue weighted by Crippen LogP contribution is 2.40. The average molecular weight is 454 g/mol. The molecule has 180 valence electrons. The zero-order valence-electron chi connectivity index (χ0n) is 21.4. The van der Waals surface area contributed by atoms with E-state index in [2.05, 4.69) is 76.7 Å². The quantitative estimate of drug-likeness (QED) is 0.390. The Morgan fingerprint density at radius 1 is 1.00 bits per heavy atom. The SMILES string of the molecule is CCOc1cc(=O)n2[nH]c(C(CC)Oc3ccc(C(C)(C)CC)cc3C(C)(C)CC)cc2n1. The third-order valence-corrected chi connectivity index (χ3v) is 6.98. The first-order valence-corrected chi connectivity index (χ1v) is 12.1. The van der Waals surface area contributed by atoms with E-state index < -0.39 is 0 Å². The van der Waals surface area contributed by atoms with Crippen LogP contribution in [0.2, 0.25) is 0 Å². The van der Waals surface area contributed by atoms with E-state index in [4.69, 9.17) is 9.47 Å². The van der Waals surface area contributed by atoms with Crippen molar-refractivity contribution in [3.8, 4) is 11.6 Å². The molecule has 0 spiro atoms. The summed E-state index contributed by atoms with van der Waals surface area (Å²) >= 11 is 0. The largest absolute Gasteiger partial charge is 0.484 e. The lowest BCUT2D eigenvalue weighted by Gasteiger charge is -2.31. The molecule has 2 heterocycles. The first-order valence-electron chi connectivity index (χ1n) is 12.1. The summed E-state index contributed by atoms with van der Waals surface area (Å²) < 4.78 is 13.5. The summed E-state index contributed by atoms with van der Waals surface area (Å²) in [6, 6.07) is 9.89. The minimum absolute atomic E-state index is 0.0290. The summed E-state index contributed by atoms with van der Waals surface area (Å²) in [6.07, 6.45) is 2.58. The van der Waals surface area contributed by atoms with Crippen LogP contribution in [-0.2, 0) is 10.8 Å². The minimum Gasteiger partial charge on any atom is -0.484 e. The maximum absolute atomic E-state index is 12.5. The highest BCUT2D eigenvalue weighted by atomic mass is 16.5. The normalized spacial score (nSPS) is 13.3. The number of rotatable bonds is 10. The summed E-state index contributed by atoms with van der Waals surface area (Å²) in [7, 11) is 0. The van der Waals surface area contributed by atoms with Crippen molar-refractivity contribution in [3.63, 3.8) is 0 Å². The maximum atomic E-state index is 12.5. The number of ether oxygens (including phenoxy) is 2. The van der Waals surface area contributed by atoms with Gasteiger partial charge in [-0.3, -0.25) is 9.89 Å². The molecule has 33 heavy (non-hydrogen) atoms. The number of hydrogen-bond acceptors (Lipinski definition) is 4. The summed E-state index contributed by atoms with van der Waals surface area (Å²) in [5.74, 6) is 1.22. The first-order chi connectivity index (χ1) is 15.6. The van der Waals surface area contributed by atoms with Crippen LogP contribution in [-0.4, -0.2) is 21.2 Å². The molecule has 0 fully saturated rings. The smallest absolute Gasteiger partial charge is 0.276 e. The Morgan fingerprint density at radius 2 is 1.70 bits per heavy atom. The Hall–Kier alpha value is -2.76. The average Bonchev–Trinajstić information content (AvgIpc) is 3.22. The standard InChI is InChI=1S/C27H39N3O3/c1-9-21(20-16-23-28-24(32-12-4)17-25(31)30(23)29-20)33-22-14-13-18(26(5,6)10-2)15-19(22)27(7,8)11-3/h13-17,21,29H,9-12H2,1-8H3. The van der Waals surface area contributed by atoms with Gasteiger partial charge in [-0.25, -0.2) is 4.52 Å². The molecule has 0 bridgehead atoms. The van der Waals surface area contributed by atoms with Gasteiger partial charge in [0.15, 0.2) is 5.65 Å². The number of aromatic amines is 1. The number of benzene rings is 1. The van der Waals surface area contributed by atoms with Gasteiger partial charge in [0.2, 0.25) is 5.88 Å². The number of nitrogens with one attached hydrogen (secondary N) is 1. The van der Waals surface area contributed by atoms with Crippen molar-refractivity contribution < 1.29 is 9.47 Å². The van der Waals surface area contributed by atoms with Crippen LogP contribution in [0.25, 0.3) is 5.65 Å². The Bertz CT molecular complexity index is 1160. The summed E-state index contributed by atoms with van der Waals surface area (Å²) in [6.45, 7) is 17.9. The van der Waals surface area contributed by atoms with Crippen molar-refractivity contribution in [3.05, 3.63) is 57.5 Å². The summed E-state index contributed by atoms with van der Waals surface area (Å²) in [5.41, 5.74) is 3.75. The van der Waals surface area contributed by atoms with E-state index in [9.17, 15) is 4.79 Å². The maximum Gasteiger partial charge on any atom is 0.276 e. The Balaban J connectivity index is 2.03. The van der Waals surface area contributed by atoms with E-state index in [0.717, 1.165) is 30.7 Å². The molecule has 0 saturated carbocycles. The molecular formula is C27H39N3O3. The summed E-state index contributed by atoms with van der Waals surface area (Å²) in [5, 5.41) is 3.18. The van der Waals surface area contributed by atoms with Crippen LogP contribution < -0.4 is 15.0 Å². The van der Waals surface area contributed by atoms with Crippen molar-refractivity contribution >= 4 is 5.65 Å². The molecule has 1 aromatic carbocycles. The lowest BCUT2D eigenvalue weighted by atomic mass is 9.76. The zero-order chi connectivity index (χ0) is 24.4. The van der Waals surface area contributed by atoms with E-state index in [-0.39, 0.29) is 22.5 Å². The van der Waals surface area contributed by atoms with Gasteiger partial charge < -0.3 is 9.47 Å². The molecule has 3 aromatic rings. The van der Waals surface area contributed by atoms with Crippen molar-refractivity contribution in [2.45, 2.75) is 91.6 Å². The van der Waals surface area contributed by atoms with Crippen LogP contribution >= 0.6 is 0 Å². The van der Waals surface area contributed by atoms with Crippen LogP contribution in [0.1, 0.15) is 97.6 Å². The number of H-pyrrole nitrogens is 1. The van der Waals surface area contributed by atoms with Crippen molar-refractivity contribution in [2.75, 3.05) is 6.61 Å². The second-order valence-corrected chi connectivity index (χ2v) is 9.97. The third-order valence-electron chi connectivity index (χ3n) is 6.98. The highest BCUT2D eigenvalue weighted by molar-refractivity contribution is 5.45. The van der Waals surface area contributed by atoms with Crippen molar-refractivity contribution in [2.24, 2.45) is 0 Å². The predicted octanol–water partition coefficient (Wildman–Crippen LogP) is 6.33. The lowest BCUT2D eigenvalue weighted by molar-refractivity contribution is 0.190. The van der Waals surface area contributed by atoms with Crippen molar-refractivity contribution in [1.29, 1.82) is 0 Å². The molecule has 2 aromatic heterocycles. The number of hydrogen-bond donors (Lipinski definition) is 1. The Kier molecular flexibility index (Phi) is 7.25. The lowest BCUT2D eigenvalue weighted by Crippen LogP contribution is -2.22. The molecule has 3 rings (SSSR count). The number of aromatic nitrogens is 3. The van der Waals surface area contributed by atoms with E-state index in [1.165, 1.54) is 21.7 Å². The fraction of sp³-hybridized carbons (Fsp3) is 0.556. The molecule has 1 N–H and O–H groups in total. The van der Waals surface area contributed by atoms with Crippen LogP contribution in [0.4, 0.5) is 0 Å². The van der Waals surface area contributed by atoms with Gasteiger partial charge in [0.1, 0.15) is 11.9 Å². The van der Waals surface area contributed by atoms with Crippen molar-refractivity contribution in [1.82, 2.24) is 14.6 Å². The summed E-state index contributed by atoms with van der Waals surface area (Å²) in [4.78, 5) is 17.0. The highest BCUT2D eigenvalue weighted by Gasteiger charge is 2.28.